The van der Waals surface area contributed by atoms with Crippen molar-refractivity contribution < 1.29 is 0 Å². The first-order valence-corrected chi connectivity index (χ1v) is 9.37. The summed E-state index contributed by atoms with van der Waals surface area (Å²) in [6, 6.07) is 1.17. The molecule has 0 bridgehead atoms. The molecule has 2 aliphatic rings. The van der Waals surface area contributed by atoms with Gasteiger partial charge < -0.3 is 5.32 Å². The summed E-state index contributed by atoms with van der Waals surface area (Å²) in [7, 11) is 0. The molecule has 1 heterocycles. The van der Waals surface area contributed by atoms with Crippen LogP contribution in [0, 0.1) is 5.92 Å². The Morgan fingerprint density at radius 1 is 1.24 bits per heavy atom. The molecule has 0 spiro atoms. The smallest absolute Gasteiger partial charge is 0.209 e. The molecule has 0 amide bonds. The van der Waals surface area contributed by atoms with Gasteiger partial charge in [-0.25, -0.2) is 4.68 Å². The first kappa shape index (κ1) is 15.3. The predicted molar refractivity (Wildman–Crippen MR) is 85.4 cm³/mol. The highest BCUT2D eigenvalue weighted by Gasteiger charge is 2.34. The van der Waals surface area contributed by atoms with Crippen LogP contribution in [0.4, 0.5) is 0 Å². The topological polar surface area (TPSA) is 55.6 Å². The van der Waals surface area contributed by atoms with Gasteiger partial charge in [0, 0.05) is 11.3 Å². The Kier molecular flexibility index (Phi) is 5.16. The highest BCUT2D eigenvalue weighted by atomic mass is 32.2. The number of hydrogen-bond acceptors (Lipinski definition) is 5. The number of thioether (sulfide) groups is 1. The summed E-state index contributed by atoms with van der Waals surface area (Å²) >= 11 is 1.91. The van der Waals surface area contributed by atoms with Crippen molar-refractivity contribution in [3.8, 4) is 0 Å². The summed E-state index contributed by atoms with van der Waals surface area (Å²) < 4.78 is 2.05. The lowest BCUT2D eigenvalue weighted by molar-refractivity contribution is 0.289. The lowest BCUT2D eigenvalue weighted by Gasteiger charge is -2.36. The van der Waals surface area contributed by atoms with Gasteiger partial charge in [0.25, 0.3) is 0 Å². The lowest BCUT2D eigenvalue weighted by Crippen LogP contribution is -2.42. The number of rotatable bonds is 7. The molecule has 0 aromatic carbocycles. The van der Waals surface area contributed by atoms with Crippen LogP contribution < -0.4 is 5.32 Å². The van der Waals surface area contributed by atoms with E-state index >= 15 is 0 Å². The lowest BCUT2D eigenvalue weighted by atomic mass is 9.83. The molecule has 2 fully saturated rings. The van der Waals surface area contributed by atoms with Crippen LogP contribution in [0.5, 0.6) is 0 Å². The predicted octanol–water partition coefficient (Wildman–Crippen LogP) is 3.05. The molecule has 5 nitrogen and oxygen atoms in total. The molecule has 21 heavy (non-hydrogen) atoms. The largest absolute Gasteiger partial charge is 0.313 e. The molecule has 118 valence electrons. The molecule has 2 saturated carbocycles. The Balaban J connectivity index is 1.67. The highest BCUT2D eigenvalue weighted by molar-refractivity contribution is 7.99. The van der Waals surface area contributed by atoms with E-state index in [1.807, 2.05) is 11.8 Å². The SMILES string of the molecule is CCCC1CCC(NCC)C(Sc2nnnn2C2CC2)C1. The van der Waals surface area contributed by atoms with Crippen molar-refractivity contribution >= 4 is 11.8 Å². The van der Waals surface area contributed by atoms with Gasteiger partial charge in [0.15, 0.2) is 0 Å². The third-order valence-electron chi connectivity index (χ3n) is 4.68. The van der Waals surface area contributed by atoms with Gasteiger partial charge in [-0.05, 0) is 55.0 Å². The number of hydrogen-bond donors (Lipinski definition) is 1. The van der Waals surface area contributed by atoms with E-state index in [4.69, 9.17) is 0 Å². The monoisotopic (exact) mass is 309 g/mol. The van der Waals surface area contributed by atoms with E-state index in [0.717, 1.165) is 17.6 Å². The minimum absolute atomic E-state index is 0.565. The van der Waals surface area contributed by atoms with Crippen LogP contribution in [0.1, 0.15) is 64.8 Å². The van der Waals surface area contributed by atoms with Gasteiger partial charge >= 0.3 is 0 Å². The summed E-state index contributed by atoms with van der Waals surface area (Å²) in [5.41, 5.74) is 0. The fourth-order valence-corrected chi connectivity index (χ4v) is 4.87. The molecule has 1 N–H and O–H groups in total. The molecular formula is C15H27N5S. The molecule has 1 aromatic heterocycles. The third kappa shape index (κ3) is 3.77. The number of tetrazole rings is 1. The van der Waals surface area contributed by atoms with Gasteiger partial charge in [-0.3, -0.25) is 0 Å². The maximum atomic E-state index is 4.27. The van der Waals surface area contributed by atoms with E-state index in [1.165, 1.54) is 44.9 Å². The molecule has 1 aromatic rings. The van der Waals surface area contributed by atoms with Crippen LogP contribution in [-0.4, -0.2) is 38.0 Å². The Morgan fingerprint density at radius 3 is 2.81 bits per heavy atom. The zero-order valence-corrected chi connectivity index (χ0v) is 14.0. The van der Waals surface area contributed by atoms with E-state index < -0.39 is 0 Å². The van der Waals surface area contributed by atoms with Gasteiger partial charge in [-0.2, -0.15) is 0 Å². The second-order valence-corrected chi connectivity index (χ2v) is 7.63. The van der Waals surface area contributed by atoms with Crippen molar-refractivity contribution in [1.29, 1.82) is 0 Å². The van der Waals surface area contributed by atoms with Crippen molar-refractivity contribution in [2.45, 2.75) is 81.3 Å². The highest BCUT2D eigenvalue weighted by Crippen LogP contribution is 2.41. The zero-order chi connectivity index (χ0) is 14.7. The van der Waals surface area contributed by atoms with Gasteiger partial charge in [0.1, 0.15) is 0 Å². The summed E-state index contributed by atoms with van der Waals surface area (Å²) in [5.74, 6) is 0.882. The molecule has 0 saturated heterocycles. The summed E-state index contributed by atoms with van der Waals surface area (Å²) in [4.78, 5) is 0. The fourth-order valence-electron chi connectivity index (χ4n) is 3.45. The molecular weight excluding hydrogens is 282 g/mol. The van der Waals surface area contributed by atoms with E-state index in [0.29, 0.717) is 17.3 Å². The first-order valence-electron chi connectivity index (χ1n) is 8.49. The second-order valence-electron chi connectivity index (χ2n) is 6.43. The minimum Gasteiger partial charge on any atom is -0.313 e. The normalized spacial score (nSPS) is 29.7. The van der Waals surface area contributed by atoms with Gasteiger partial charge in [-0.15, -0.1) is 5.10 Å². The van der Waals surface area contributed by atoms with Crippen LogP contribution in [0.2, 0.25) is 0 Å². The van der Waals surface area contributed by atoms with Crippen LogP contribution in [0.15, 0.2) is 5.16 Å². The summed E-state index contributed by atoms with van der Waals surface area (Å²) in [6.07, 6.45) is 9.10. The maximum Gasteiger partial charge on any atom is 0.209 e. The Morgan fingerprint density at radius 2 is 2.10 bits per heavy atom. The summed E-state index contributed by atoms with van der Waals surface area (Å²) in [5, 5.41) is 17.7. The molecule has 3 rings (SSSR count). The maximum absolute atomic E-state index is 4.27. The Hall–Kier alpha value is -0.620. The van der Waals surface area contributed by atoms with Crippen molar-refractivity contribution in [1.82, 2.24) is 25.5 Å². The minimum atomic E-state index is 0.565. The van der Waals surface area contributed by atoms with E-state index in [9.17, 15) is 0 Å². The molecule has 0 aliphatic heterocycles. The van der Waals surface area contributed by atoms with Crippen LogP contribution in [-0.2, 0) is 0 Å². The molecule has 6 heteroatoms. The quantitative estimate of drug-likeness (QED) is 0.839. The molecule has 2 aliphatic carbocycles. The first-order chi connectivity index (χ1) is 10.3. The standard InChI is InChI=1S/C15H27N5S/c1-3-5-11-6-9-13(16-4-2)14(10-11)21-15-17-18-19-20(15)12-7-8-12/h11-14,16H,3-10H2,1-2H3. The van der Waals surface area contributed by atoms with Gasteiger partial charge in [-0.1, -0.05) is 38.5 Å². The van der Waals surface area contributed by atoms with Crippen molar-refractivity contribution in [2.24, 2.45) is 5.92 Å². The van der Waals surface area contributed by atoms with Crippen molar-refractivity contribution in [3.63, 3.8) is 0 Å². The zero-order valence-electron chi connectivity index (χ0n) is 13.2. The third-order valence-corrected chi connectivity index (χ3v) is 5.98. The number of nitrogens with one attached hydrogen (secondary N) is 1. The Labute approximate surface area is 131 Å². The summed E-state index contributed by atoms with van der Waals surface area (Å²) in [6.45, 7) is 5.55. The molecule has 3 atom stereocenters. The number of nitrogens with zero attached hydrogens (tertiary/aromatic N) is 4. The molecule has 0 radical (unpaired) electrons. The Bertz CT molecular complexity index is 445. The second kappa shape index (κ2) is 7.09. The van der Waals surface area contributed by atoms with Crippen LogP contribution >= 0.6 is 11.8 Å². The van der Waals surface area contributed by atoms with E-state index in [2.05, 4.69) is 39.4 Å². The average molecular weight is 309 g/mol. The fraction of sp³-hybridized carbons (Fsp3) is 0.933. The van der Waals surface area contributed by atoms with Gasteiger partial charge in [0.05, 0.1) is 6.04 Å². The number of aromatic nitrogens is 4. The van der Waals surface area contributed by atoms with Crippen molar-refractivity contribution in [3.05, 3.63) is 0 Å². The van der Waals surface area contributed by atoms with E-state index in [1.54, 1.807) is 0 Å². The average Bonchev–Trinajstić information content (AvgIpc) is 3.22. The molecule has 3 unspecified atom stereocenters. The van der Waals surface area contributed by atoms with E-state index in [-0.39, 0.29) is 0 Å². The van der Waals surface area contributed by atoms with Crippen molar-refractivity contribution in [2.75, 3.05) is 6.54 Å². The van der Waals surface area contributed by atoms with Crippen LogP contribution in [0.3, 0.4) is 0 Å². The van der Waals surface area contributed by atoms with Crippen LogP contribution in [0.25, 0.3) is 0 Å². The van der Waals surface area contributed by atoms with Gasteiger partial charge in [0.2, 0.25) is 5.16 Å².